The van der Waals surface area contributed by atoms with E-state index in [0.29, 0.717) is 29.2 Å². The Morgan fingerprint density at radius 3 is 2.81 bits per heavy atom. The van der Waals surface area contributed by atoms with Crippen LogP contribution >= 0.6 is 0 Å². The highest BCUT2D eigenvalue weighted by molar-refractivity contribution is 6.06. The van der Waals surface area contributed by atoms with Crippen LogP contribution < -0.4 is 15.4 Å². The average molecular weight is 499 g/mol. The summed E-state index contributed by atoms with van der Waals surface area (Å²) in [5.74, 6) is -0.270. The number of anilines is 1. The number of nitrogens with one attached hydrogen (secondary N) is 3. The molecule has 2 aliphatic heterocycles. The molecule has 0 saturated carbocycles. The van der Waals surface area contributed by atoms with Crippen LogP contribution in [0.1, 0.15) is 39.3 Å². The van der Waals surface area contributed by atoms with E-state index < -0.39 is 17.9 Å². The monoisotopic (exact) mass is 499 g/mol. The normalized spacial score (nSPS) is 17.2. The summed E-state index contributed by atoms with van der Waals surface area (Å²) in [6, 6.07) is 11.8. The number of benzene rings is 2. The predicted octanol–water partition coefficient (Wildman–Crippen LogP) is 1.77. The van der Waals surface area contributed by atoms with Crippen LogP contribution in [0.25, 0.3) is 16.6 Å². The molecule has 1 fully saturated rings. The number of carbonyl (C=O) groups is 4. The molecule has 37 heavy (non-hydrogen) atoms. The Labute approximate surface area is 209 Å². The maximum Gasteiger partial charge on any atom is 0.278 e. The Hall–Kier alpha value is -5.00. The number of H-pyrrole nitrogens is 1. The molecule has 1 unspecified atom stereocenters. The van der Waals surface area contributed by atoms with E-state index in [-0.39, 0.29) is 30.5 Å². The van der Waals surface area contributed by atoms with Crippen LogP contribution in [0.4, 0.5) is 5.82 Å². The lowest BCUT2D eigenvalue weighted by Crippen LogP contribution is -2.52. The van der Waals surface area contributed by atoms with Crippen LogP contribution in [0, 0.1) is 0 Å². The Kier molecular flexibility index (Phi) is 5.21. The van der Waals surface area contributed by atoms with Crippen molar-refractivity contribution < 1.29 is 23.9 Å². The van der Waals surface area contributed by atoms with Crippen LogP contribution in [0.15, 0.2) is 48.7 Å². The zero-order chi connectivity index (χ0) is 25.7. The third-order valence-corrected chi connectivity index (χ3v) is 6.57. The van der Waals surface area contributed by atoms with E-state index in [2.05, 4.69) is 25.9 Å². The van der Waals surface area contributed by atoms with Crippen molar-refractivity contribution in [2.24, 2.45) is 0 Å². The summed E-state index contributed by atoms with van der Waals surface area (Å²) < 4.78 is 6.68. The van der Waals surface area contributed by atoms with Gasteiger partial charge in [-0.05, 0) is 54.4 Å². The van der Waals surface area contributed by atoms with E-state index in [4.69, 9.17) is 4.74 Å². The number of nitrogens with zero attached hydrogens (tertiary/aromatic N) is 4. The third-order valence-electron chi connectivity index (χ3n) is 6.57. The van der Waals surface area contributed by atoms with E-state index in [0.717, 1.165) is 16.5 Å². The molecule has 0 radical (unpaired) electrons. The fourth-order valence-electron chi connectivity index (χ4n) is 4.69. The molecular formula is C25H21N7O5. The summed E-state index contributed by atoms with van der Waals surface area (Å²) in [6.45, 7) is 0.238. The quantitative estimate of drug-likeness (QED) is 0.354. The molecule has 4 aromatic rings. The lowest BCUT2D eigenvalue weighted by Gasteiger charge is -2.29. The smallest absolute Gasteiger partial charge is 0.278 e. The van der Waals surface area contributed by atoms with Gasteiger partial charge in [-0.25, -0.2) is 4.68 Å². The van der Waals surface area contributed by atoms with Gasteiger partial charge in [0.05, 0.1) is 19.0 Å². The second kappa shape index (κ2) is 8.59. The first-order valence-electron chi connectivity index (χ1n) is 11.6. The third kappa shape index (κ3) is 3.97. The van der Waals surface area contributed by atoms with Gasteiger partial charge in [0.2, 0.25) is 11.8 Å². The van der Waals surface area contributed by atoms with Gasteiger partial charge >= 0.3 is 0 Å². The summed E-state index contributed by atoms with van der Waals surface area (Å²) in [4.78, 5) is 54.0. The second-order valence-corrected chi connectivity index (χ2v) is 8.88. The maximum absolute atomic E-state index is 12.9. The minimum absolute atomic E-state index is 0.109. The molecule has 2 aromatic heterocycles. The summed E-state index contributed by atoms with van der Waals surface area (Å²) in [5.41, 5.74) is 2.78. The van der Waals surface area contributed by atoms with E-state index in [9.17, 15) is 19.2 Å². The first kappa shape index (κ1) is 22.5. The predicted molar refractivity (Wildman–Crippen MR) is 130 cm³/mol. The van der Waals surface area contributed by atoms with Crippen LogP contribution in [-0.2, 0) is 16.1 Å². The largest absolute Gasteiger partial charge is 0.497 e. The SMILES string of the molecule is COc1ccc2[nH]c(NC(=O)c3cn(-c4ccc5c(c4)CN(C4CCC(=O)NC4=O)C5=O)nn3)cc2c1. The van der Waals surface area contributed by atoms with Crippen LogP contribution in [-0.4, -0.2) is 61.7 Å². The van der Waals surface area contributed by atoms with Gasteiger partial charge in [0, 0.05) is 29.4 Å². The maximum atomic E-state index is 12.9. The number of imide groups is 1. The van der Waals surface area contributed by atoms with E-state index >= 15 is 0 Å². The molecule has 6 rings (SSSR count). The zero-order valence-electron chi connectivity index (χ0n) is 19.6. The van der Waals surface area contributed by atoms with Gasteiger partial charge in [0.25, 0.3) is 11.8 Å². The summed E-state index contributed by atoms with van der Waals surface area (Å²) >= 11 is 0. The topological polar surface area (TPSA) is 151 Å². The molecule has 2 aromatic carbocycles. The van der Waals surface area contributed by atoms with Crippen molar-refractivity contribution in [3.05, 3.63) is 65.5 Å². The molecule has 3 N–H and O–H groups in total. The number of rotatable bonds is 5. The number of piperidine rings is 1. The number of amides is 4. The Bertz CT molecular complexity index is 1600. The molecule has 0 bridgehead atoms. The molecule has 186 valence electrons. The summed E-state index contributed by atoms with van der Waals surface area (Å²) in [5, 5.41) is 14.0. The summed E-state index contributed by atoms with van der Waals surface area (Å²) in [6.07, 6.45) is 1.98. The number of carbonyl (C=O) groups excluding carboxylic acids is 4. The molecule has 1 atom stereocenters. The van der Waals surface area contributed by atoms with Crippen molar-refractivity contribution in [2.45, 2.75) is 25.4 Å². The van der Waals surface area contributed by atoms with Crippen molar-refractivity contribution in [2.75, 3.05) is 12.4 Å². The van der Waals surface area contributed by atoms with E-state index in [1.807, 2.05) is 18.2 Å². The highest BCUT2D eigenvalue weighted by Crippen LogP contribution is 2.29. The van der Waals surface area contributed by atoms with Crippen LogP contribution in [0.3, 0.4) is 0 Å². The Balaban J connectivity index is 1.18. The number of aromatic nitrogens is 4. The fraction of sp³-hybridized carbons (Fsp3) is 0.200. The molecular weight excluding hydrogens is 478 g/mol. The first-order valence-corrected chi connectivity index (χ1v) is 11.6. The molecule has 1 saturated heterocycles. The van der Waals surface area contributed by atoms with Crippen molar-refractivity contribution in [1.29, 1.82) is 0 Å². The number of methoxy groups -OCH3 is 1. The van der Waals surface area contributed by atoms with Gasteiger partial charge in [0.1, 0.15) is 17.6 Å². The number of fused-ring (bicyclic) bond motifs is 2. The molecule has 2 aliphatic rings. The van der Waals surface area contributed by atoms with Gasteiger partial charge in [0.15, 0.2) is 5.69 Å². The molecule has 0 aliphatic carbocycles. The van der Waals surface area contributed by atoms with Gasteiger partial charge in [-0.1, -0.05) is 5.21 Å². The lowest BCUT2D eigenvalue weighted by atomic mass is 10.0. The van der Waals surface area contributed by atoms with Gasteiger partial charge in [-0.3, -0.25) is 24.5 Å². The standard InChI is InChI=1S/C25H21N7O5/c1-37-16-3-5-18-13(9-16)10-21(26-18)27-23(34)19-12-32(30-29-19)15-2-4-17-14(8-15)11-31(25(17)36)20-6-7-22(33)28-24(20)35/h2-5,8-10,12,20,26H,6-7,11H2,1H3,(H,27,34)(H,28,33,35). The molecule has 12 nitrogen and oxygen atoms in total. The van der Waals surface area contributed by atoms with Gasteiger partial charge in [-0.15, -0.1) is 5.10 Å². The first-order chi connectivity index (χ1) is 17.9. The number of ether oxygens (including phenoxy) is 1. The lowest BCUT2D eigenvalue weighted by molar-refractivity contribution is -0.136. The van der Waals surface area contributed by atoms with E-state index in [1.54, 1.807) is 31.4 Å². The van der Waals surface area contributed by atoms with Crippen molar-refractivity contribution in [3.63, 3.8) is 0 Å². The number of aromatic amines is 1. The van der Waals surface area contributed by atoms with Crippen LogP contribution in [0.2, 0.25) is 0 Å². The molecule has 4 heterocycles. The van der Waals surface area contributed by atoms with Crippen LogP contribution in [0.5, 0.6) is 5.75 Å². The molecule has 0 spiro atoms. The Morgan fingerprint density at radius 2 is 2.00 bits per heavy atom. The number of hydrogen-bond donors (Lipinski definition) is 3. The van der Waals surface area contributed by atoms with Crippen molar-refractivity contribution >= 4 is 40.3 Å². The fourth-order valence-corrected chi connectivity index (χ4v) is 4.69. The second-order valence-electron chi connectivity index (χ2n) is 8.88. The van der Waals surface area contributed by atoms with Gasteiger partial charge in [-0.2, -0.15) is 0 Å². The highest BCUT2D eigenvalue weighted by atomic mass is 16.5. The van der Waals surface area contributed by atoms with Crippen molar-refractivity contribution in [3.8, 4) is 11.4 Å². The number of hydrogen-bond acceptors (Lipinski definition) is 7. The zero-order valence-corrected chi connectivity index (χ0v) is 19.6. The molecule has 12 heteroatoms. The van der Waals surface area contributed by atoms with E-state index in [1.165, 1.54) is 15.8 Å². The molecule has 4 amide bonds. The Morgan fingerprint density at radius 1 is 1.14 bits per heavy atom. The minimum Gasteiger partial charge on any atom is -0.497 e. The minimum atomic E-state index is -0.687. The summed E-state index contributed by atoms with van der Waals surface area (Å²) in [7, 11) is 1.59. The average Bonchev–Trinajstić information content (AvgIpc) is 3.60. The van der Waals surface area contributed by atoms with Crippen molar-refractivity contribution in [1.82, 2.24) is 30.2 Å². The highest BCUT2D eigenvalue weighted by Gasteiger charge is 2.39. The van der Waals surface area contributed by atoms with Gasteiger partial charge < -0.3 is 19.9 Å².